The Labute approximate surface area is 162 Å². The SMILES string of the molecule is Cc1ccc(C)c(S(=O)(=O)N2CCN(C(=O)C[C@@H]3C[C@H]4CC[C@@H]3C4)CC2)c1. The van der Waals surface area contributed by atoms with E-state index in [0.29, 0.717) is 43.4 Å². The molecule has 3 fully saturated rings. The zero-order chi connectivity index (χ0) is 19.2. The number of amides is 1. The number of carbonyl (C=O) groups is 1. The molecule has 4 rings (SSSR count). The Morgan fingerprint density at radius 2 is 1.81 bits per heavy atom. The summed E-state index contributed by atoms with van der Waals surface area (Å²) in [5, 5.41) is 0. The number of benzene rings is 1. The molecule has 3 aliphatic rings. The highest BCUT2D eigenvalue weighted by atomic mass is 32.2. The van der Waals surface area contributed by atoms with Gasteiger partial charge in [-0.25, -0.2) is 8.42 Å². The van der Waals surface area contributed by atoms with E-state index in [2.05, 4.69) is 0 Å². The summed E-state index contributed by atoms with van der Waals surface area (Å²) in [5.74, 6) is 2.39. The number of nitrogens with zero attached hydrogens (tertiary/aromatic N) is 2. The minimum Gasteiger partial charge on any atom is -0.340 e. The van der Waals surface area contributed by atoms with Crippen LogP contribution in [0.2, 0.25) is 0 Å². The molecular formula is C21H30N2O3S. The van der Waals surface area contributed by atoms with Crippen molar-refractivity contribution < 1.29 is 13.2 Å². The van der Waals surface area contributed by atoms with Crippen LogP contribution in [0, 0.1) is 31.6 Å². The van der Waals surface area contributed by atoms with Crippen LogP contribution in [0.25, 0.3) is 0 Å². The van der Waals surface area contributed by atoms with Crippen LogP contribution in [0.4, 0.5) is 0 Å². The van der Waals surface area contributed by atoms with Crippen LogP contribution < -0.4 is 0 Å². The second kappa shape index (κ2) is 7.21. The summed E-state index contributed by atoms with van der Waals surface area (Å²) >= 11 is 0. The number of rotatable bonds is 4. The molecule has 5 nitrogen and oxygen atoms in total. The van der Waals surface area contributed by atoms with Crippen molar-refractivity contribution in [1.29, 1.82) is 0 Å². The molecule has 1 heterocycles. The molecule has 27 heavy (non-hydrogen) atoms. The molecule has 1 amide bonds. The number of fused-ring (bicyclic) bond motifs is 2. The summed E-state index contributed by atoms with van der Waals surface area (Å²) in [5.41, 5.74) is 1.72. The number of hydrogen-bond donors (Lipinski definition) is 0. The monoisotopic (exact) mass is 390 g/mol. The number of hydrogen-bond acceptors (Lipinski definition) is 3. The predicted octanol–water partition coefficient (Wildman–Crippen LogP) is 2.96. The van der Waals surface area contributed by atoms with E-state index in [1.165, 1.54) is 30.0 Å². The average Bonchev–Trinajstić information content (AvgIpc) is 3.27. The van der Waals surface area contributed by atoms with E-state index < -0.39 is 10.0 Å². The maximum Gasteiger partial charge on any atom is 0.243 e. The molecular weight excluding hydrogens is 360 g/mol. The minimum atomic E-state index is -3.50. The summed E-state index contributed by atoms with van der Waals surface area (Å²) in [6.45, 7) is 5.52. The Bertz CT molecular complexity index is 828. The van der Waals surface area contributed by atoms with Crippen molar-refractivity contribution in [3.63, 3.8) is 0 Å². The second-order valence-electron chi connectivity index (χ2n) is 8.69. The van der Waals surface area contributed by atoms with Crippen LogP contribution in [-0.2, 0) is 14.8 Å². The molecule has 0 N–H and O–H groups in total. The van der Waals surface area contributed by atoms with Crippen LogP contribution >= 0.6 is 0 Å². The van der Waals surface area contributed by atoms with Crippen LogP contribution in [0.1, 0.15) is 43.2 Å². The van der Waals surface area contributed by atoms with Crippen LogP contribution in [0.15, 0.2) is 23.1 Å². The maximum atomic E-state index is 13.0. The second-order valence-corrected chi connectivity index (χ2v) is 10.6. The molecule has 148 valence electrons. The molecule has 0 unspecified atom stereocenters. The summed E-state index contributed by atoms with van der Waals surface area (Å²) in [4.78, 5) is 15.0. The van der Waals surface area contributed by atoms with E-state index in [1.807, 2.05) is 30.9 Å². The lowest BCUT2D eigenvalue weighted by Gasteiger charge is -2.35. The molecule has 2 bridgehead atoms. The first-order valence-electron chi connectivity index (χ1n) is 10.2. The summed E-state index contributed by atoms with van der Waals surface area (Å²) in [6.07, 6.45) is 5.84. The van der Waals surface area contributed by atoms with Gasteiger partial charge in [0.15, 0.2) is 0 Å². The smallest absolute Gasteiger partial charge is 0.243 e. The number of sulfonamides is 1. The Morgan fingerprint density at radius 1 is 1.07 bits per heavy atom. The van der Waals surface area contributed by atoms with Crippen LogP contribution in [-0.4, -0.2) is 49.7 Å². The van der Waals surface area contributed by atoms with Gasteiger partial charge in [0.1, 0.15) is 0 Å². The lowest BCUT2D eigenvalue weighted by Crippen LogP contribution is -2.50. The molecule has 1 aromatic rings. The summed E-state index contributed by atoms with van der Waals surface area (Å²) < 4.78 is 27.6. The molecule has 2 aliphatic carbocycles. The predicted molar refractivity (Wildman–Crippen MR) is 105 cm³/mol. The fraction of sp³-hybridized carbons (Fsp3) is 0.667. The molecule has 0 radical (unpaired) electrons. The van der Waals surface area contributed by atoms with Crippen molar-refractivity contribution in [2.24, 2.45) is 17.8 Å². The van der Waals surface area contributed by atoms with Gasteiger partial charge in [-0.3, -0.25) is 4.79 Å². The van der Waals surface area contributed by atoms with E-state index in [9.17, 15) is 13.2 Å². The van der Waals surface area contributed by atoms with Crippen LogP contribution in [0.3, 0.4) is 0 Å². The van der Waals surface area contributed by atoms with Crippen molar-refractivity contribution >= 4 is 15.9 Å². The van der Waals surface area contributed by atoms with E-state index in [-0.39, 0.29) is 5.91 Å². The largest absolute Gasteiger partial charge is 0.340 e. The molecule has 3 atom stereocenters. The first kappa shape index (κ1) is 18.9. The number of aryl methyl sites for hydroxylation is 2. The highest BCUT2D eigenvalue weighted by Gasteiger charge is 2.41. The van der Waals surface area contributed by atoms with Gasteiger partial charge >= 0.3 is 0 Å². The summed E-state index contributed by atoms with van der Waals surface area (Å²) in [7, 11) is -3.50. The Morgan fingerprint density at radius 3 is 2.44 bits per heavy atom. The van der Waals surface area contributed by atoms with Crippen molar-refractivity contribution in [2.75, 3.05) is 26.2 Å². The van der Waals surface area contributed by atoms with Crippen molar-refractivity contribution in [3.05, 3.63) is 29.3 Å². The third-order valence-corrected chi connectivity index (χ3v) is 8.91. The molecule has 6 heteroatoms. The first-order chi connectivity index (χ1) is 12.8. The number of carbonyl (C=O) groups excluding carboxylic acids is 1. The van der Waals surface area contributed by atoms with Gasteiger partial charge in [0.25, 0.3) is 0 Å². The fourth-order valence-electron chi connectivity index (χ4n) is 5.28. The lowest BCUT2D eigenvalue weighted by atomic mass is 9.86. The summed E-state index contributed by atoms with van der Waals surface area (Å²) in [6, 6.07) is 5.54. The Hall–Kier alpha value is -1.40. The zero-order valence-corrected chi connectivity index (χ0v) is 17.2. The van der Waals surface area contributed by atoms with Crippen molar-refractivity contribution in [1.82, 2.24) is 9.21 Å². The Balaban J connectivity index is 1.37. The Kier molecular flexibility index (Phi) is 5.06. The van der Waals surface area contributed by atoms with Gasteiger partial charge in [-0.05, 0) is 68.1 Å². The standard InChI is InChI=1S/C21H30N2O3S/c1-15-3-4-16(2)20(11-15)27(25,26)23-9-7-22(8-10-23)21(24)14-19-13-17-5-6-18(19)12-17/h3-4,11,17-19H,5-10,12-14H2,1-2H3/t17-,18+,19-/m0/s1. The fourth-order valence-corrected chi connectivity index (χ4v) is 7.01. The highest BCUT2D eigenvalue weighted by molar-refractivity contribution is 7.89. The molecule has 1 aliphatic heterocycles. The van der Waals surface area contributed by atoms with Gasteiger partial charge in [-0.1, -0.05) is 18.6 Å². The quantitative estimate of drug-likeness (QED) is 0.794. The lowest BCUT2D eigenvalue weighted by molar-refractivity contribution is -0.133. The third-order valence-electron chi connectivity index (χ3n) is 6.87. The maximum absolute atomic E-state index is 13.0. The number of piperazine rings is 1. The third kappa shape index (κ3) is 3.66. The topological polar surface area (TPSA) is 57.7 Å². The van der Waals surface area contributed by atoms with Crippen molar-refractivity contribution in [2.45, 2.75) is 50.8 Å². The van der Waals surface area contributed by atoms with E-state index in [4.69, 9.17) is 0 Å². The van der Waals surface area contributed by atoms with Gasteiger partial charge in [0.05, 0.1) is 4.90 Å². The first-order valence-corrected chi connectivity index (χ1v) is 11.6. The molecule has 0 aromatic heterocycles. The van der Waals surface area contributed by atoms with Crippen molar-refractivity contribution in [3.8, 4) is 0 Å². The minimum absolute atomic E-state index is 0.219. The van der Waals surface area contributed by atoms with Gasteiger partial charge in [0.2, 0.25) is 15.9 Å². The molecule has 1 saturated heterocycles. The van der Waals surface area contributed by atoms with Crippen LogP contribution in [0.5, 0.6) is 0 Å². The van der Waals surface area contributed by atoms with Gasteiger partial charge in [-0.2, -0.15) is 4.31 Å². The molecule has 2 saturated carbocycles. The molecule has 0 spiro atoms. The normalized spacial score (nSPS) is 28.7. The molecule has 1 aromatic carbocycles. The highest BCUT2D eigenvalue weighted by Crippen LogP contribution is 2.49. The van der Waals surface area contributed by atoms with E-state index in [1.54, 1.807) is 6.07 Å². The average molecular weight is 391 g/mol. The van der Waals surface area contributed by atoms with E-state index >= 15 is 0 Å². The zero-order valence-electron chi connectivity index (χ0n) is 16.4. The van der Waals surface area contributed by atoms with E-state index in [0.717, 1.165) is 23.0 Å². The van der Waals surface area contributed by atoms with Gasteiger partial charge in [0, 0.05) is 32.6 Å². The van der Waals surface area contributed by atoms with Gasteiger partial charge in [-0.15, -0.1) is 0 Å². The van der Waals surface area contributed by atoms with Gasteiger partial charge < -0.3 is 4.90 Å².